The maximum Gasteiger partial charge on any atom is 0.191 e. The number of benzene rings is 1. The molecule has 1 aromatic carbocycles. The molecule has 3 rings (SSSR count). The predicted octanol–water partition coefficient (Wildman–Crippen LogP) is 4.13. The molecule has 5 nitrogen and oxygen atoms in total. The van der Waals surface area contributed by atoms with Crippen LogP contribution in [0.15, 0.2) is 46.8 Å². The lowest BCUT2D eigenvalue weighted by atomic mass is 10.2. The van der Waals surface area contributed by atoms with E-state index in [0.29, 0.717) is 12.5 Å². The molecule has 0 amide bonds. The average Bonchev–Trinajstić information content (AvgIpc) is 3.34. The monoisotopic (exact) mass is 497 g/mol. The number of hydrogen-bond donors (Lipinski definition) is 2. The maximum absolute atomic E-state index is 4.65. The molecule has 0 atom stereocenters. The first-order valence-corrected chi connectivity index (χ1v) is 9.91. The Hall–Kier alpha value is -1.61. The van der Waals surface area contributed by atoms with Crippen LogP contribution < -0.4 is 15.5 Å². The van der Waals surface area contributed by atoms with E-state index in [9.17, 15) is 0 Å². The van der Waals surface area contributed by atoms with Crippen LogP contribution in [0, 0.1) is 0 Å². The van der Waals surface area contributed by atoms with E-state index in [1.165, 1.54) is 11.3 Å². The quantitative estimate of drug-likeness (QED) is 0.273. The van der Waals surface area contributed by atoms with Crippen molar-refractivity contribution in [2.75, 3.05) is 25.0 Å². The van der Waals surface area contributed by atoms with E-state index in [0.717, 1.165) is 36.3 Å². The molecule has 1 aliphatic rings. The van der Waals surface area contributed by atoms with Crippen molar-refractivity contribution < 1.29 is 0 Å². The summed E-state index contributed by atoms with van der Waals surface area (Å²) in [6, 6.07) is 8.71. The van der Waals surface area contributed by atoms with Crippen LogP contribution in [0.4, 0.5) is 5.69 Å². The molecule has 0 unspecified atom stereocenters. The van der Waals surface area contributed by atoms with Gasteiger partial charge in [0.2, 0.25) is 0 Å². The van der Waals surface area contributed by atoms with Crippen molar-refractivity contribution >= 4 is 47.0 Å². The van der Waals surface area contributed by atoms with Crippen LogP contribution in [-0.2, 0) is 13.1 Å². The number of anilines is 1. The van der Waals surface area contributed by atoms with Crippen LogP contribution in [0.25, 0.3) is 0 Å². The van der Waals surface area contributed by atoms with Gasteiger partial charge in [-0.15, -0.1) is 35.3 Å². The summed E-state index contributed by atoms with van der Waals surface area (Å²) in [6.45, 7) is 7.77. The van der Waals surface area contributed by atoms with Crippen LogP contribution in [0.5, 0.6) is 0 Å². The number of aromatic nitrogens is 1. The van der Waals surface area contributed by atoms with E-state index in [-0.39, 0.29) is 24.0 Å². The van der Waals surface area contributed by atoms with Gasteiger partial charge in [0.25, 0.3) is 0 Å². The molecule has 0 saturated heterocycles. The molecule has 27 heavy (non-hydrogen) atoms. The predicted molar refractivity (Wildman–Crippen MR) is 126 cm³/mol. The Morgan fingerprint density at radius 3 is 2.41 bits per heavy atom. The van der Waals surface area contributed by atoms with E-state index in [4.69, 9.17) is 0 Å². The lowest BCUT2D eigenvalue weighted by Crippen LogP contribution is -2.36. The van der Waals surface area contributed by atoms with Crippen LogP contribution >= 0.6 is 35.3 Å². The van der Waals surface area contributed by atoms with Gasteiger partial charge in [-0.25, -0.2) is 4.98 Å². The van der Waals surface area contributed by atoms with Gasteiger partial charge in [0.1, 0.15) is 5.01 Å². The van der Waals surface area contributed by atoms with Crippen LogP contribution in [0.3, 0.4) is 0 Å². The molecule has 0 spiro atoms. The highest BCUT2D eigenvalue weighted by Gasteiger charge is 2.08. The molecule has 0 bridgehead atoms. The topological polar surface area (TPSA) is 52.6 Å². The first-order chi connectivity index (χ1) is 12.7. The highest BCUT2D eigenvalue weighted by atomic mass is 127. The van der Waals surface area contributed by atoms with Gasteiger partial charge in [-0.3, -0.25) is 4.99 Å². The van der Waals surface area contributed by atoms with Crippen LogP contribution in [0.2, 0.25) is 0 Å². The Kier molecular flexibility index (Phi) is 8.56. The number of nitrogens with one attached hydrogen (secondary N) is 2. The highest BCUT2D eigenvalue weighted by Crippen LogP contribution is 2.18. The highest BCUT2D eigenvalue weighted by molar-refractivity contribution is 14.0. The molecular weight excluding hydrogens is 469 g/mol. The first kappa shape index (κ1) is 21.7. The van der Waals surface area contributed by atoms with E-state index < -0.39 is 0 Å². The maximum atomic E-state index is 4.65. The zero-order valence-electron chi connectivity index (χ0n) is 16.1. The molecule has 2 aromatic rings. The fraction of sp³-hybridized carbons (Fsp3) is 0.400. The third-order valence-corrected chi connectivity index (χ3v) is 5.24. The van der Waals surface area contributed by atoms with E-state index in [2.05, 4.69) is 81.2 Å². The van der Waals surface area contributed by atoms with Crippen molar-refractivity contribution in [3.05, 3.63) is 58.1 Å². The number of hydrogen-bond acceptors (Lipinski definition) is 4. The van der Waals surface area contributed by atoms with Gasteiger partial charge in [0.05, 0.1) is 12.2 Å². The average molecular weight is 497 g/mol. The Labute approximate surface area is 183 Å². The third kappa shape index (κ3) is 6.21. The number of guanidine groups is 1. The Morgan fingerprint density at radius 2 is 1.81 bits per heavy atom. The fourth-order valence-corrected chi connectivity index (χ4v) is 3.65. The fourth-order valence-electron chi connectivity index (χ4n) is 2.75. The Bertz CT molecular complexity index is 759. The van der Waals surface area contributed by atoms with Gasteiger partial charge >= 0.3 is 0 Å². The van der Waals surface area contributed by atoms with Crippen molar-refractivity contribution in [3.63, 3.8) is 0 Å². The zero-order valence-corrected chi connectivity index (χ0v) is 19.3. The van der Waals surface area contributed by atoms with Gasteiger partial charge in [-0.05, 0) is 23.6 Å². The van der Waals surface area contributed by atoms with E-state index in [1.54, 1.807) is 18.4 Å². The van der Waals surface area contributed by atoms with Gasteiger partial charge < -0.3 is 15.5 Å². The summed E-state index contributed by atoms with van der Waals surface area (Å²) in [5.41, 5.74) is 3.66. The first-order valence-electron chi connectivity index (χ1n) is 9.03. The van der Waals surface area contributed by atoms with Gasteiger partial charge in [0, 0.05) is 37.7 Å². The van der Waals surface area contributed by atoms with Crippen molar-refractivity contribution in [2.45, 2.75) is 32.9 Å². The minimum absolute atomic E-state index is 0. The third-order valence-electron chi connectivity index (χ3n) is 4.37. The minimum Gasteiger partial charge on any atom is -0.364 e. The summed E-state index contributed by atoms with van der Waals surface area (Å²) in [5.74, 6) is 1.26. The molecule has 1 aromatic heterocycles. The summed E-state index contributed by atoms with van der Waals surface area (Å²) in [4.78, 5) is 11.3. The molecule has 2 heterocycles. The lowest BCUT2D eigenvalue weighted by molar-refractivity contribution is 0.785. The molecular formula is C20H28IN5S. The number of aliphatic imine (C=N–C) groups is 1. The van der Waals surface area contributed by atoms with Crippen LogP contribution in [0.1, 0.15) is 36.0 Å². The summed E-state index contributed by atoms with van der Waals surface area (Å²) < 4.78 is 0. The lowest BCUT2D eigenvalue weighted by Gasteiger charge is -2.18. The number of thiazole rings is 1. The summed E-state index contributed by atoms with van der Waals surface area (Å²) in [7, 11) is 1.79. The van der Waals surface area contributed by atoms with Gasteiger partial charge in [0.15, 0.2) is 5.96 Å². The van der Waals surface area contributed by atoms with E-state index >= 15 is 0 Å². The largest absolute Gasteiger partial charge is 0.364 e. The second kappa shape index (κ2) is 10.7. The second-order valence-electron chi connectivity index (χ2n) is 6.64. The minimum atomic E-state index is 0. The molecule has 0 radical (unpaired) electrons. The standard InChI is InChI=1S/C20H27N5S.HI/c1-15(2)18-14-26-19(24-18)13-23-20(21-3)22-12-16-6-8-17(9-7-16)25-10-4-5-11-25;/h4-9,14-15H,10-13H2,1-3H3,(H2,21,22,23);1H. The molecule has 0 fully saturated rings. The van der Waals surface area contributed by atoms with Crippen molar-refractivity contribution in [3.8, 4) is 0 Å². The van der Waals surface area contributed by atoms with Crippen LogP contribution in [-0.4, -0.2) is 31.1 Å². The van der Waals surface area contributed by atoms with Gasteiger partial charge in [-0.1, -0.05) is 38.1 Å². The molecule has 0 aliphatic carbocycles. The molecule has 2 N–H and O–H groups in total. The Balaban J connectivity index is 0.00000261. The van der Waals surface area contributed by atoms with Crippen molar-refractivity contribution in [1.82, 2.24) is 15.6 Å². The molecule has 0 saturated carbocycles. The molecule has 7 heteroatoms. The van der Waals surface area contributed by atoms with Gasteiger partial charge in [-0.2, -0.15) is 0 Å². The Morgan fingerprint density at radius 1 is 1.15 bits per heavy atom. The smallest absolute Gasteiger partial charge is 0.191 e. The van der Waals surface area contributed by atoms with Crippen molar-refractivity contribution in [1.29, 1.82) is 0 Å². The summed E-state index contributed by atoms with van der Waals surface area (Å²) in [5, 5.41) is 9.92. The molecule has 1 aliphatic heterocycles. The second-order valence-corrected chi connectivity index (χ2v) is 7.59. The SMILES string of the molecule is CN=C(NCc1ccc(N2CC=CC2)cc1)NCc1nc(C(C)C)cs1.I. The number of rotatable bonds is 6. The molecule has 146 valence electrons. The zero-order chi connectivity index (χ0) is 18.4. The summed E-state index contributed by atoms with van der Waals surface area (Å²) >= 11 is 1.69. The number of halogens is 1. The normalized spacial score (nSPS) is 13.8. The number of nitrogens with zero attached hydrogens (tertiary/aromatic N) is 3. The summed E-state index contributed by atoms with van der Waals surface area (Å²) in [6.07, 6.45) is 4.41. The van der Waals surface area contributed by atoms with E-state index in [1.807, 2.05) is 0 Å². The van der Waals surface area contributed by atoms with Crippen molar-refractivity contribution in [2.24, 2.45) is 4.99 Å².